The van der Waals surface area contributed by atoms with E-state index in [2.05, 4.69) is 0 Å². The van der Waals surface area contributed by atoms with Crippen molar-refractivity contribution in [1.29, 1.82) is 0 Å². The normalized spacial score (nSPS) is 14.2. The second kappa shape index (κ2) is 5.01. The number of rotatable bonds is 3. The van der Waals surface area contributed by atoms with E-state index in [1.807, 2.05) is 0 Å². The Hall–Kier alpha value is -2.70. The lowest BCUT2D eigenvalue weighted by atomic mass is 9.85. The first-order valence-electron chi connectivity index (χ1n) is 6.18. The molecule has 0 bridgehead atoms. The number of anilines is 1. The van der Waals surface area contributed by atoms with Crippen molar-refractivity contribution in [2.45, 2.75) is 13.3 Å². The molecule has 1 aliphatic carbocycles. The van der Waals surface area contributed by atoms with Gasteiger partial charge in [-0.3, -0.25) is 9.59 Å². The molecule has 7 heteroatoms. The Morgan fingerprint density at radius 3 is 2.05 bits per heavy atom. The van der Waals surface area contributed by atoms with E-state index in [0.29, 0.717) is 0 Å². The smallest absolute Gasteiger partial charge is 0.232 e. The molecule has 0 unspecified atom stereocenters. The van der Waals surface area contributed by atoms with Gasteiger partial charge in [-0.1, -0.05) is 6.92 Å². The van der Waals surface area contributed by atoms with Crippen molar-refractivity contribution in [3.8, 4) is 17.2 Å². The van der Waals surface area contributed by atoms with Gasteiger partial charge in [0.1, 0.15) is 5.69 Å². The van der Waals surface area contributed by atoms with Crippen molar-refractivity contribution in [2.24, 2.45) is 0 Å². The van der Waals surface area contributed by atoms with Gasteiger partial charge >= 0.3 is 0 Å². The lowest BCUT2D eigenvalue weighted by molar-refractivity contribution is 0.0898. The highest BCUT2D eigenvalue weighted by Gasteiger charge is 2.39. The molecule has 0 saturated heterocycles. The number of hydrogen-bond acceptors (Lipinski definition) is 7. The van der Waals surface area contributed by atoms with Gasteiger partial charge in [-0.2, -0.15) is 0 Å². The molecule has 112 valence electrons. The summed E-state index contributed by atoms with van der Waals surface area (Å²) in [5.74, 6) is -2.89. The lowest BCUT2D eigenvalue weighted by Crippen LogP contribution is -2.24. The third-order valence-electron chi connectivity index (χ3n) is 3.41. The van der Waals surface area contributed by atoms with Crippen LogP contribution in [0.15, 0.2) is 11.3 Å². The van der Waals surface area contributed by atoms with Gasteiger partial charge in [-0.05, 0) is 6.42 Å². The van der Waals surface area contributed by atoms with Crippen molar-refractivity contribution in [3.63, 3.8) is 0 Å². The van der Waals surface area contributed by atoms with Gasteiger partial charge in [0, 0.05) is 5.57 Å². The Balaban J connectivity index is 2.90. The number of carbonyl (C=O) groups excluding carboxylic acids is 2. The zero-order valence-corrected chi connectivity index (χ0v) is 11.8. The van der Waals surface area contributed by atoms with Crippen molar-refractivity contribution in [2.75, 3.05) is 20.0 Å². The summed E-state index contributed by atoms with van der Waals surface area (Å²) >= 11 is 0. The van der Waals surface area contributed by atoms with Gasteiger partial charge in [0.25, 0.3) is 0 Å². The van der Waals surface area contributed by atoms with Gasteiger partial charge in [0.05, 0.1) is 25.3 Å². The van der Waals surface area contributed by atoms with Crippen LogP contribution < -0.4 is 10.5 Å². The van der Waals surface area contributed by atoms with Crippen LogP contribution >= 0.6 is 0 Å². The Kier molecular flexibility index (Phi) is 3.51. The molecule has 0 aliphatic heterocycles. The predicted octanol–water partition coefficient (Wildman–Crippen LogP) is 1.38. The number of aromatic hydroxyl groups is 2. The SMILES string of the molecule is CCC1=C(OC)C(=O)c2c(O)c(N)c(OC)c(O)c2C1=O. The van der Waals surface area contributed by atoms with E-state index in [0.717, 1.165) is 0 Å². The molecule has 0 amide bonds. The molecule has 0 atom stereocenters. The number of carbonyl (C=O) groups is 2. The maximum absolute atomic E-state index is 12.5. The van der Waals surface area contributed by atoms with Gasteiger partial charge in [-0.15, -0.1) is 0 Å². The number of phenolic OH excluding ortho intramolecular Hbond substituents is 2. The largest absolute Gasteiger partial charge is 0.505 e. The van der Waals surface area contributed by atoms with Crippen LogP contribution in [0.5, 0.6) is 17.2 Å². The van der Waals surface area contributed by atoms with E-state index in [4.69, 9.17) is 15.2 Å². The van der Waals surface area contributed by atoms with Gasteiger partial charge in [0.15, 0.2) is 28.8 Å². The molecule has 0 radical (unpaired) electrons. The molecule has 0 saturated carbocycles. The molecule has 0 spiro atoms. The van der Waals surface area contributed by atoms with Crippen LogP contribution in [0.3, 0.4) is 0 Å². The minimum absolute atomic E-state index is 0.122. The highest BCUT2D eigenvalue weighted by Crippen LogP contribution is 2.48. The molecule has 0 heterocycles. The summed E-state index contributed by atoms with van der Waals surface area (Å²) in [4.78, 5) is 24.8. The van der Waals surface area contributed by atoms with E-state index >= 15 is 0 Å². The number of nitrogens with two attached hydrogens (primary N) is 1. The third kappa shape index (κ3) is 1.81. The summed E-state index contributed by atoms with van der Waals surface area (Å²) in [5, 5.41) is 20.2. The predicted molar refractivity (Wildman–Crippen MR) is 73.7 cm³/mol. The number of nitrogen functional groups attached to an aromatic ring is 1. The minimum Gasteiger partial charge on any atom is -0.505 e. The number of Topliss-reactive ketones (excluding diaryl/α,β-unsaturated/α-hetero) is 2. The molecule has 21 heavy (non-hydrogen) atoms. The fourth-order valence-corrected chi connectivity index (χ4v) is 2.41. The van der Waals surface area contributed by atoms with E-state index in [-0.39, 0.29) is 40.3 Å². The number of benzene rings is 1. The fraction of sp³-hybridized carbons (Fsp3) is 0.286. The molecule has 4 N–H and O–H groups in total. The van der Waals surface area contributed by atoms with Gasteiger partial charge < -0.3 is 25.4 Å². The average molecular weight is 293 g/mol. The quantitative estimate of drug-likeness (QED) is 0.437. The monoisotopic (exact) mass is 293 g/mol. The Bertz CT molecular complexity index is 689. The summed E-state index contributed by atoms with van der Waals surface area (Å²) < 4.78 is 9.85. The van der Waals surface area contributed by atoms with Crippen LogP contribution in [0.4, 0.5) is 5.69 Å². The Labute approximate surface area is 120 Å². The van der Waals surface area contributed by atoms with E-state index in [1.165, 1.54) is 14.2 Å². The molecule has 2 rings (SSSR count). The number of methoxy groups -OCH3 is 2. The van der Waals surface area contributed by atoms with E-state index in [9.17, 15) is 19.8 Å². The summed E-state index contributed by atoms with van der Waals surface area (Å²) in [6, 6.07) is 0. The zero-order valence-electron chi connectivity index (χ0n) is 11.8. The maximum Gasteiger partial charge on any atom is 0.232 e. The fourth-order valence-electron chi connectivity index (χ4n) is 2.41. The first-order valence-corrected chi connectivity index (χ1v) is 6.18. The number of allylic oxidation sites excluding steroid dienone is 2. The topological polar surface area (TPSA) is 119 Å². The number of ether oxygens (including phenoxy) is 2. The van der Waals surface area contributed by atoms with Crippen molar-refractivity contribution in [1.82, 2.24) is 0 Å². The van der Waals surface area contributed by atoms with E-state index < -0.39 is 23.1 Å². The number of hydrogen-bond donors (Lipinski definition) is 3. The summed E-state index contributed by atoms with van der Waals surface area (Å²) in [7, 11) is 2.48. The number of phenols is 2. The van der Waals surface area contributed by atoms with Crippen LogP contribution in [0.2, 0.25) is 0 Å². The van der Waals surface area contributed by atoms with Crippen LogP contribution in [0.25, 0.3) is 0 Å². The molecule has 1 aromatic carbocycles. The second-order valence-corrected chi connectivity index (χ2v) is 4.42. The standard InChI is InChI=1S/C14H15NO6/c1-4-5-9(16)6-7(11(18)13(5)20-2)10(17)8(15)14(21-3)12(6)19/h17,19H,4,15H2,1-3H3. The third-order valence-corrected chi connectivity index (χ3v) is 3.41. The summed E-state index contributed by atoms with van der Waals surface area (Å²) in [5.41, 5.74) is 4.74. The first-order chi connectivity index (χ1) is 9.90. The van der Waals surface area contributed by atoms with Crippen LogP contribution in [-0.4, -0.2) is 36.0 Å². The highest BCUT2D eigenvalue weighted by atomic mass is 16.5. The van der Waals surface area contributed by atoms with Gasteiger partial charge in [-0.25, -0.2) is 0 Å². The van der Waals surface area contributed by atoms with Crippen molar-refractivity contribution >= 4 is 17.3 Å². The molecule has 7 nitrogen and oxygen atoms in total. The molecular weight excluding hydrogens is 278 g/mol. The first kappa shape index (κ1) is 14.7. The highest BCUT2D eigenvalue weighted by molar-refractivity contribution is 6.29. The lowest BCUT2D eigenvalue weighted by Gasteiger charge is -2.23. The second-order valence-electron chi connectivity index (χ2n) is 4.42. The molecular formula is C14H15NO6. The Morgan fingerprint density at radius 1 is 1.00 bits per heavy atom. The van der Waals surface area contributed by atoms with Gasteiger partial charge in [0.2, 0.25) is 5.78 Å². The molecule has 1 aliphatic rings. The van der Waals surface area contributed by atoms with Crippen molar-refractivity contribution in [3.05, 3.63) is 22.5 Å². The number of fused-ring (bicyclic) bond motifs is 1. The zero-order chi connectivity index (χ0) is 15.9. The summed E-state index contributed by atoms with van der Waals surface area (Å²) in [6.07, 6.45) is 0.236. The minimum atomic E-state index is -0.703. The number of ketones is 2. The maximum atomic E-state index is 12.5. The van der Waals surface area contributed by atoms with Crippen LogP contribution in [0, 0.1) is 0 Å². The van der Waals surface area contributed by atoms with Crippen LogP contribution in [-0.2, 0) is 4.74 Å². The summed E-state index contributed by atoms with van der Waals surface area (Å²) in [6.45, 7) is 1.68. The Morgan fingerprint density at radius 2 is 1.57 bits per heavy atom. The van der Waals surface area contributed by atoms with Crippen molar-refractivity contribution < 1.29 is 29.3 Å². The average Bonchev–Trinajstić information content (AvgIpc) is 2.46. The molecule has 0 fully saturated rings. The molecule has 1 aromatic rings. The van der Waals surface area contributed by atoms with Crippen LogP contribution in [0.1, 0.15) is 34.1 Å². The van der Waals surface area contributed by atoms with E-state index in [1.54, 1.807) is 6.92 Å². The molecule has 0 aromatic heterocycles.